The third kappa shape index (κ3) is 5.43. The smallest absolute Gasteiger partial charge is 0.308 e. The lowest BCUT2D eigenvalue weighted by molar-refractivity contribution is -0.156. The Morgan fingerprint density at radius 3 is 2.64 bits per heavy atom. The topological polar surface area (TPSA) is 55.6 Å². The van der Waals surface area contributed by atoms with Crippen molar-refractivity contribution in [3.05, 3.63) is 35.9 Å². The van der Waals surface area contributed by atoms with Gasteiger partial charge in [-0.3, -0.25) is 9.69 Å². The summed E-state index contributed by atoms with van der Waals surface area (Å²) in [6.07, 6.45) is 2.18. The van der Waals surface area contributed by atoms with Gasteiger partial charge in [0.1, 0.15) is 5.60 Å². The zero-order valence-electron chi connectivity index (χ0n) is 14.0. The average Bonchev–Trinajstić information content (AvgIpc) is 2.36. The summed E-state index contributed by atoms with van der Waals surface area (Å²) in [4.78, 5) is 14.4. The molecule has 0 amide bonds. The van der Waals surface area contributed by atoms with E-state index in [-0.39, 0.29) is 12.4 Å². The van der Waals surface area contributed by atoms with Gasteiger partial charge in [-0.15, -0.1) is 0 Å². The van der Waals surface area contributed by atoms with Crippen molar-refractivity contribution in [1.29, 1.82) is 0 Å². The van der Waals surface area contributed by atoms with E-state index in [0.29, 0.717) is 0 Å². The van der Waals surface area contributed by atoms with Crippen LogP contribution in [0, 0.1) is 0 Å². The van der Waals surface area contributed by atoms with Crippen molar-refractivity contribution in [2.45, 2.75) is 57.7 Å². The predicted molar refractivity (Wildman–Crippen MR) is 88.3 cm³/mol. The number of carbonyl (C=O) groups excluding carboxylic acids is 1. The fourth-order valence-electron chi connectivity index (χ4n) is 3.04. The molecule has 1 fully saturated rings. The molecule has 2 rings (SSSR count). The minimum absolute atomic E-state index is 0.198. The molecule has 4 heteroatoms. The molecule has 0 saturated carbocycles. The predicted octanol–water partition coefficient (Wildman–Crippen LogP) is 2.71. The van der Waals surface area contributed by atoms with Crippen molar-refractivity contribution in [3.8, 4) is 0 Å². The number of rotatable bonds is 4. The van der Waals surface area contributed by atoms with Crippen LogP contribution in [0.25, 0.3) is 0 Å². The zero-order valence-corrected chi connectivity index (χ0v) is 14.0. The molecule has 1 heterocycles. The molecule has 0 aliphatic carbocycles. The molecule has 22 heavy (non-hydrogen) atoms. The summed E-state index contributed by atoms with van der Waals surface area (Å²) < 4.78 is 5.42. The molecule has 0 unspecified atom stereocenters. The second kappa shape index (κ2) is 6.80. The first kappa shape index (κ1) is 17.0. The summed E-state index contributed by atoms with van der Waals surface area (Å²) >= 11 is 0. The Morgan fingerprint density at radius 1 is 1.32 bits per heavy atom. The van der Waals surface area contributed by atoms with Gasteiger partial charge in [0.2, 0.25) is 0 Å². The molecule has 4 nitrogen and oxygen atoms in total. The molecule has 0 spiro atoms. The molecule has 1 saturated heterocycles. The molecule has 0 bridgehead atoms. The number of piperidine rings is 1. The van der Waals surface area contributed by atoms with Crippen LogP contribution in [0.1, 0.15) is 45.6 Å². The van der Waals surface area contributed by atoms with Gasteiger partial charge in [-0.2, -0.15) is 0 Å². The maximum Gasteiger partial charge on any atom is 0.308 e. The number of carbonyl (C=O) groups is 1. The summed E-state index contributed by atoms with van der Waals surface area (Å²) in [6.45, 7) is 8.31. The lowest BCUT2D eigenvalue weighted by Gasteiger charge is -2.40. The first-order valence-electron chi connectivity index (χ1n) is 8.03. The molecule has 0 radical (unpaired) electrons. The maximum atomic E-state index is 12.1. The number of hydrogen-bond donors (Lipinski definition) is 1. The molecule has 1 aliphatic rings. The van der Waals surface area contributed by atoms with E-state index in [1.807, 2.05) is 26.8 Å². The second-order valence-corrected chi connectivity index (χ2v) is 7.43. The Balaban J connectivity index is 1.92. The van der Waals surface area contributed by atoms with Gasteiger partial charge in [-0.05, 0) is 45.7 Å². The van der Waals surface area contributed by atoms with Gasteiger partial charge in [-0.1, -0.05) is 30.3 Å². The Hall–Kier alpha value is -1.39. The number of nitrogens with zero attached hydrogens (tertiary/aromatic N) is 1. The summed E-state index contributed by atoms with van der Waals surface area (Å²) in [5.74, 6) is -0.198. The highest BCUT2D eigenvalue weighted by Gasteiger charge is 2.35. The fraction of sp³-hybridized carbons (Fsp3) is 0.611. The van der Waals surface area contributed by atoms with Gasteiger partial charge in [0.05, 0.1) is 6.42 Å². The monoisotopic (exact) mass is 304 g/mol. The van der Waals surface area contributed by atoms with Crippen molar-refractivity contribution < 1.29 is 9.53 Å². The minimum Gasteiger partial charge on any atom is -0.460 e. The van der Waals surface area contributed by atoms with Crippen LogP contribution in [0.4, 0.5) is 0 Å². The Kier molecular flexibility index (Phi) is 5.24. The standard InChI is InChI=1S/C18H28N2O2/c1-17(2,3)22-16(21)12-18(19)10-7-11-20(14-18)13-15-8-5-4-6-9-15/h4-6,8-9H,7,10-14,19H2,1-3H3/t18-/m0/s1. The number of nitrogens with two attached hydrogens (primary N) is 1. The molecule has 2 N–H and O–H groups in total. The molecule has 1 aliphatic heterocycles. The Labute approximate surface area is 133 Å². The van der Waals surface area contributed by atoms with Crippen molar-refractivity contribution in [2.75, 3.05) is 13.1 Å². The Morgan fingerprint density at radius 2 is 2.00 bits per heavy atom. The van der Waals surface area contributed by atoms with Crippen LogP contribution >= 0.6 is 0 Å². The second-order valence-electron chi connectivity index (χ2n) is 7.43. The van der Waals surface area contributed by atoms with E-state index in [9.17, 15) is 4.79 Å². The molecular formula is C18H28N2O2. The van der Waals surface area contributed by atoms with Crippen LogP contribution in [0.15, 0.2) is 30.3 Å². The third-order valence-corrected chi connectivity index (χ3v) is 3.85. The summed E-state index contributed by atoms with van der Waals surface area (Å²) in [5, 5.41) is 0. The quantitative estimate of drug-likeness (QED) is 0.869. The largest absolute Gasteiger partial charge is 0.460 e. The van der Waals surface area contributed by atoms with Crippen LogP contribution in [0.5, 0.6) is 0 Å². The van der Waals surface area contributed by atoms with E-state index < -0.39 is 11.1 Å². The number of ether oxygens (including phenoxy) is 1. The molecule has 1 atom stereocenters. The van der Waals surface area contributed by atoms with Gasteiger partial charge >= 0.3 is 5.97 Å². The van der Waals surface area contributed by atoms with E-state index in [1.165, 1.54) is 5.56 Å². The molecule has 1 aromatic carbocycles. The highest BCUT2D eigenvalue weighted by Crippen LogP contribution is 2.25. The Bertz CT molecular complexity index is 496. The van der Waals surface area contributed by atoms with E-state index in [4.69, 9.17) is 10.5 Å². The van der Waals surface area contributed by atoms with Crippen LogP contribution < -0.4 is 5.73 Å². The van der Waals surface area contributed by atoms with E-state index >= 15 is 0 Å². The number of benzene rings is 1. The van der Waals surface area contributed by atoms with E-state index in [0.717, 1.165) is 32.5 Å². The highest BCUT2D eigenvalue weighted by molar-refractivity contribution is 5.71. The van der Waals surface area contributed by atoms with Crippen molar-refractivity contribution in [3.63, 3.8) is 0 Å². The molecule has 1 aromatic rings. The van der Waals surface area contributed by atoms with Gasteiger partial charge in [-0.25, -0.2) is 0 Å². The number of esters is 1. The summed E-state index contributed by atoms with van der Waals surface area (Å²) in [6, 6.07) is 10.4. The van der Waals surface area contributed by atoms with E-state index in [2.05, 4.69) is 29.2 Å². The van der Waals surface area contributed by atoms with Crippen LogP contribution in [0.3, 0.4) is 0 Å². The third-order valence-electron chi connectivity index (χ3n) is 3.85. The van der Waals surface area contributed by atoms with Gasteiger partial charge in [0, 0.05) is 18.6 Å². The van der Waals surface area contributed by atoms with Crippen molar-refractivity contribution in [1.82, 2.24) is 4.90 Å². The minimum atomic E-state index is -0.477. The normalized spacial score (nSPS) is 23.3. The summed E-state index contributed by atoms with van der Waals surface area (Å²) in [5.41, 5.74) is 6.83. The average molecular weight is 304 g/mol. The van der Waals surface area contributed by atoms with Gasteiger partial charge in [0.25, 0.3) is 0 Å². The van der Waals surface area contributed by atoms with Crippen LogP contribution in [0.2, 0.25) is 0 Å². The molecule has 122 valence electrons. The lowest BCUT2D eigenvalue weighted by Crippen LogP contribution is -2.55. The van der Waals surface area contributed by atoms with E-state index in [1.54, 1.807) is 0 Å². The van der Waals surface area contributed by atoms with Crippen molar-refractivity contribution in [2.24, 2.45) is 5.73 Å². The lowest BCUT2D eigenvalue weighted by atomic mass is 9.86. The first-order valence-corrected chi connectivity index (χ1v) is 8.03. The van der Waals surface area contributed by atoms with Crippen LogP contribution in [-0.2, 0) is 16.1 Å². The fourth-order valence-corrected chi connectivity index (χ4v) is 3.04. The highest BCUT2D eigenvalue weighted by atomic mass is 16.6. The zero-order chi connectivity index (χ0) is 16.2. The number of hydrogen-bond acceptors (Lipinski definition) is 4. The SMILES string of the molecule is CC(C)(C)OC(=O)C[C@@]1(N)CCCN(Cc2ccccc2)C1. The van der Waals surface area contributed by atoms with Gasteiger partial charge in [0.15, 0.2) is 0 Å². The van der Waals surface area contributed by atoms with Crippen molar-refractivity contribution >= 4 is 5.97 Å². The molecular weight excluding hydrogens is 276 g/mol. The first-order chi connectivity index (χ1) is 10.3. The summed E-state index contributed by atoms with van der Waals surface area (Å²) in [7, 11) is 0. The maximum absolute atomic E-state index is 12.1. The van der Waals surface area contributed by atoms with Crippen LogP contribution in [-0.4, -0.2) is 35.1 Å². The molecule has 0 aromatic heterocycles. The number of likely N-dealkylation sites (tertiary alicyclic amines) is 1. The van der Waals surface area contributed by atoms with Gasteiger partial charge < -0.3 is 10.5 Å².